The lowest BCUT2D eigenvalue weighted by molar-refractivity contribution is -0.137. The summed E-state index contributed by atoms with van der Waals surface area (Å²) < 4.78 is 48.3. The van der Waals surface area contributed by atoms with Crippen LogP contribution in [0.5, 0.6) is 0 Å². The number of amides is 2. The van der Waals surface area contributed by atoms with Crippen molar-refractivity contribution in [3.63, 3.8) is 0 Å². The molecule has 10 heteroatoms. The third kappa shape index (κ3) is 5.90. The van der Waals surface area contributed by atoms with Gasteiger partial charge in [0.2, 0.25) is 5.91 Å². The number of hydrogen-bond donors (Lipinski definition) is 1. The lowest BCUT2D eigenvalue weighted by Crippen LogP contribution is -2.53. The van der Waals surface area contributed by atoms with E-state index < -0.39 is 35.2 Å². The second kappa shape index (κ2) is 9.31. The molecule has 1 aromatic carbocycles. The monoisotopic (exact) mass is 478 g/mol. The van der Waals surface area contributed by atoms with E-state index in [1.54, 1.807) is 25.7 Å². The van der Waals surface area contributed by atoms with Crippen molar-refractivity contribution >= 4 is 12.0 Å². The zero-order chi connectivity index (χ0) is 24.6. The molecule has 0 spiro atoms. The fraction of sp³-hybridized carbons (Fsp3) is 0.542. The number of carbonyl (C=O) groups is 2. The van der Waals surface area contributed by atoms with Crippen LogP contribution >= 0.6 is 0 Å². The number of benzene rings is 1. The molecule has 2 fully saturated rings. The van der Waals surface area contributed by atoms with Gasteiger partial charge in [0.15, 0.2) is 11.6 Å². The Bertz CT molecular complexity index is 1070. The molecule has 1 aliphatic heterocycles. The molecule has 34 heavy (non-hydrogen) atoms. The first-order valence-corrected chi connectivity index (χ1v) is 11.4. The van der Waals surface area contributed by atoms with Gasteiger partial charge in [-0.3, -0.25) is 9.48 Å². The molecule has 0 unspecified atom stereocenters. The maximum absolute atomic E-state index is 14.2. The molecule has 1 atom stereocenters. The normalized spacial score (nSPS) is 17.3. The molecule has 2 aromatic rings. The highest BCUT2D eigenvalue weighted by molar-refractivity contribution is 5.79. The Kier molecular flexibility index (Phi) is 6.60. The van der Waals surface area contributed by atoms with Crippen LogP contribution < -0.4 is 5.32 Å². The minimum absolute atomic E-state index is 0.0809. The van der Waals surface area contributed by atoms with Crippen LogP contribution in [0.15, 0.2) is 24.4 Å². The minimum Gasteiger partial charge on any atom is -0.444 e. The lowest BCUT2D eigenvalue weighted by atomic mass is 10.0. The number of ether oxygens (including phenoxy) is 1. The van der Waals surface area contributed by atoms with Gasteiger partial charge in [-0.1, -0.05) is 0 Å². The van der Waals surface area contributed by atoms with Crippen LogP contribution in [-0.2, 0) is 16.0 Å². The van der Waals surface area contributed by atoms with E-state index in [1.807, 2.05) is 16.9 Å². The van der Waals surface area contributed by atoms with Gasteiger partial charge < -0.3 is 15.0 Å². The topological polar surface area (TPSA) is 76.5 Å². The molecule has 7 nitrogen and oxygen atoms in total. The molecule has 2 amide bonds. The predicted octanol–water partition coefficient (Wildman–Crippen LogP) is 4.09. The second-order valence-electron chi connectivity index (χ2n) is 10.1. The maximum atomic E-state index is 14.2. The largest absolute Gasteiger partial charge is 0.444 e. The van der Waals surface area contributed by atoms with Gasteiger partial charge in [0.25, 0.3) is 0 Å². The molecule has 2 heterocycles. The molecule has 0 radical (unpaired) electrons. The Morgan fingerprint density at radius 2 is 1.82 bits per heavy atom. The summed E-state index contributed by atoms with van der Waals surface area (Å²) in [5.41, 5.74) is 0.165. The summed E-state index contributed by atoms with van der Waals surface area (Å²) in [4.78, 5) is 26.8. The zero-order valence-electron chi connectivity index (χ0n) is 19.5. The minimum atomic E-state index is -1.30. The van der Waals surface area contributed by atoms with Gasteiger partial charge in [0, 0.05) is 43.7 Å². The SMILES string of the molecule is CC(C)(C)OC(=O)N[C@@H](CC(=O)N1CC(n2ccc(C3CC3)n2)C1)Cc1cc(F)c(F)cc1F. The molecule has 0 bridgehead atoms. The second-order valence-corrected chi connectivity index (χ2v) is 10.1. The summed E-state index contributed by atoms with van der Waals surface area (Å²) in [5.74, 6) is -3.14. The van der Waals surface area contributed by atoms with Gasteiger partial charge in [-0.15, -0.1) is 0 Å². The van der Waals surface area contributed by atoms with Gasteiger partial charge in [-0.25, -0.2) is 18.0 Å². The standard InChI is InChI=1S/C24H29F3N4O3/c1-24(2,3)34-23(33)28-16(8-15-9-19(26)20(27)11-18(15)25)10-22(32)30-12-17(13-30)31-7-6-21(29-31)14-4-5-14/h6-7,9,11,14,16-17H,4-5,8,10,12-13H2,1-3H3,(H,28,33)/t16-/m1/s1. The van der Waals surface area contributed by atoms with E-state index in [-0.39, 0.29) is 30.4 Å². The van der Waals surface area contributed by atoms with Crippen LogP contribution in [0.2, 0.25) is 0 Å². The van der Waals surface area contributed by atoms with Crippen LogP contribution in [-0.4, -0.2) is 51.4 Å². The summed E-state index contributed by atoms with van der Waals surface area (Å²) >= 11 is 0. The van der Waals surface area contributed by atoms with Gasteiger partial charge >= 0.3 is 6.09 Å². The Morgan fingerprint density at radius 3 is 2.47 bits per heavy atom. The van der Waals surface area contributed by atoms with Crippen molar-refractivity contribution in [2.75, 3.05) is 13.1 Å². The third-order valence-electron chi connectivity index (χ3n) is 5.91. The molecule has 1 aromatic heterocycles. The van der Waals surface area contributed by atoms with Crippen LogP contribution in [0.4, 0.5) is 18.0 Å². The smallest absolute Gasteiger partial charge is 0.407 e. The van der Waals surface area contributed by atoms with E-state index >= 15 is 0 Å². The van der Waals surface area contributed by atoms with Crippen LogP contribution in [0.3, 0.4) is 0 Å². The zero-order valence-corrected chi connectivity index (χ0v) is 19.5. The van der Waals surface area contributed by atoms with E-state index in [4.69, 9.17) is 4.74 Å². The number of rotatable bonds is 7. The van der Waals surface area contributed by atoms with Crippen LogP contribution in [0, 0.1) is 17.5 Å². The van der Waals surface area contributed by atoms with Gasteiger partial charge in [-0.2, -0.15) is 5.10 Å². The quantitative estimate of drug-likeness (QED) is 0.609. The maximum Gasteiger partial charge on any atom is 0.407 e. The number of nitrogens with zero attached hydrogens (tertiary/aromatic N) is 3. The Morgan fingerprint density at radius 1 is 1.15 bits per heavy atom. The first-order chi connectivity index (χ1) is 16.0. The summed E-state index contributed by atoms with van der Waals surface area (Å²) in [6.45, 7) is 6.01. The number of carbonyl (C=O) groups excluding carboxylic acids is 2. The first-order valence-electron chi connectivity index (χ1n) is 11.4. The number of aromatic nitrogens is 2. The molecule has 4 rings (SSSR count). The molecule has 2 aliphatic rings. The fourth-order valence-electron chi connectivity index (χ4n) is 3.95. The highest BCUT2D eigenvalue weighted by atomic mass is 19.2. The molecule has 1 saturated heterocycles. The van der Waals surface area contributed by atoms with Crippen LogP contribution in [0.25, 0.3) is 0 Å². The number of halogens is 3. The summed E-state index contributed by atoms with van der Waals surface area (Å²) in [6.07, 6.45) is 3.14. The summed E-state index contributed by atoms with van der Waals surface area (Å²) in [6, 6.07) is 2.42. The molecule has 1 N–H and O–H groups in total. The third-order valence-corrected chi connectivity index (χ3v) is 5.91. The van der Waals surface area contributed by atoms with Crippen molar-refractivity contribution < 1.29 is 27.5 Å². The van der Waals surface area contributed by atoms with Gasteiger partial charge in [0.05, 0.1) is 11.7 Å². The van der Waals surface area contributed by atoms with Crippen molar-refractivity contribution in [1.29, 1.82) is 0 Å². The van der Waals surface area contributed by atoms with E-state index in [1.165, 1.54) is 0 Å². The Balaban J connectivity index is 1.39. The number of alkyl carbamates (subject to hydrolysis) is 1. The Hall–Kier alpha value is -3.04. The van der Waals surface area contributed by atoms with Crippen molar-refractivity contribution in [3.05, 3.63) is 53.1 Å². The van der Waals surface area contributed by atoms with Crippen molar-refractivity contribution in [2.45, 2.75) is 70.1 Å². The summed E-state index contributed by atoms with van der Waals surface area (Å²) in [5, 5.41) is 7.17. The Labute approximate surface area is 196 Å². The number of likely N-dealkylation sites (tertiary alicyclic amines) is 1. The molecule has 1 aliphatic carbocycles. The molecule has 1 saturated carbocycles. The van der Waals surface area contributed by atoms with E-state index in [9.17, 15) is 22.8 Å². The van der Waals surface area contributed by atoms with E-state index in [0.717, 1.165) is 24.6 Å². The average molecular weight is 479 g/mol. The van der Waals surface area contributed by atoms with Crippen molar-refractivity contribution in [2.24, 2.45) is 0 Å². The fourth-order valence-corrected chi connectivity index (χ4v) is 3.95. The van der Waals surface area contributed by atoms with E-state index in [2.05, 4.69) is 10.4 Å². The van der Waals surface area contributed by atoms with Crippen molar-refractivity contribution in [1.82, 2.24) is 20.0 Å². The lowest BCUT2D eigenvalue weighted by Gasteiger charge is -2.40. The highest BCUT2D eigenvalue weighted by Gasteiger charge is 2.35. The van der Waals surface area contributed by atoms with Crippen LogP contribution in [0.1, 0.15) is 63.3 Å². The number of nitrogens with one attached hydrogen (secondary N) is 1. The first kappa shape index (κ1) is 24.1. The highest BCUT2D eigenvalue weighted by Crippen LogP contribution is 2.39. The molecule has 184 valence electrons. The van der Waals surface area contributed by atoms with Gasteiger partial charge in [-0.05, 0) is 57.7 Å². The van der Waals surface area contributed by atoms with Crippen molar-refractivity contribution in [3.8, 4) is 0 Å². The van der Waals surface area contributed by atoms with Gasteiger partial charge in [0.1, 0.15) is 11.4 Å². The predicted molar refractivity (Wildman–Crippen MR) is 118 cm³/mol. The number of hydrogen-bond acceptors (Lipinski definition) is 4. The van der Waals surface area contributed by atoms with E-state index in [0.29, 0.717) is 25.1 Å². The molecular formula is C24H29F3N4O3. The summed E-state index contributed by atoms with van der Waals surface area (Å²) in [7, 11) is 0. The molecular weight excluding hydrogens is 449 g/mol. The average Bonchev–Trinajstić information content (AvgIpc) is 3.42.